The molecule has 0 saturated carbocycles. The van der Waals surface area contributed by atoms with Gasteiger partial charge in [-0.05, 0) is 37.0 Å². The van der Waals surface area contributed by atoms with E-state index in [2.05, 4.69) is 32.9 Å². The highest BCUT2D eigenvalue weighted by Crippen LogP contribution is 2.33. The van der Waals surface area contributed by atoms with Crippen LogP contribution in [0, 0.1) is 17.8 Å². The van der Waals surface area contributed by atoms with Crippen molar-refractivity contribution in [2.75, 3.05) is 0 Å². The van der Waals surface area contributed by atoms with Gasteiger partial charge in [-0.15, -0.1) is 0 Å². The average molecular weight is 180 g/mol. The van der Waals surface area contributed by atoms with Gasteiger partial charge in [-0.1, -0.05) is 45.8 Å². The van der Waals surface area contributed by atoms with Crippen molar-refractivity contribution in [3.8, 4) is 0 Å². The summed E-state index contributed by atoms with van der Waals surface area (Å²) in [4.78, 5) is 0. The molecule has 1 aliphatic carbocycles. The molecule has 0 heterocycles. The molecule has 0 spiro atoms. The molecule has 0 aromatic heterocycles. The largest absolute Gasteiger partial charge is 0.0882 e. The van der Waals surface area contributed by atoms with Crippen molar-refractivity contribution >= 4 is 0 Å². The van der Waals surface area contributed by atoms with E-state index in [0.717, 1.165) is 17.8 Å². The van der Waals surface area contributed by atoms with Crippen LogP contribution in [-0.2, 0) is 0 Å². The van der Waals surface area contributed by atoms with Gasteiger partial charge in [-0.3, -0.25) is 0 Å². The first-order valence-corrected chi connectivity index (χ1v) is 5.96. The van der Waals surface area contributed by atoms with Crippen LogP contribution in [0.5, 0.6) is 0 Å². The predicted octanol–water partition coefficient (Wildman–Crippen LogP) is 4.42. The van der Waals surface area contributed by atoms with Crippen molar-refractivity contribution in [3.63, 3.8) is 0 Å². The minimum Gasteiger partial charge on any atom is -0.0882 e. The Bertz CT molecular complexity index is 157. The summed E-state index contributed by atoms with van der Waals surface area (Å²) >= 11 is 0. The fraction of sp³-hybridized carbons (Fsp3) is 0.846. The molecular weight excluding hydrogens is 156 g/mol. The lowest BCUT2D eigenvalue weighted by atomic mass is 9.75. The third-order valence-corrected chi connectivity index (χ3v) is 3.69. The predicted molar refractivity (Wildman–Crippen MR) is 59.7 cm³/mol. The molecule has 0 N–H and O–H groups in total. The lowest BCUT2D eigenvalue weighted by molar-refractivity contribution is 0.245. The van der Waals surface area contributed by atoms with Gasteiger partial charge in [0, 0.05) is 0 Å². The lowest BCUT2D eigenvalue weighted by Gasteiger charge is -2.30. The van der Waals surface area contributed by atoms with E-state index < -0.39 is 0 Å². The van der Waals surface area contributed by atoms with Crippen LogP contribution in [0.1, 0.15) is 52.9 Å². The second kappa shape index (κ2) is 5.47. The summed E-state index contributed by atoms with van der Waals surface area (Å²) in [6.45, 7) is 7.08. The maximum atomic E-state index is 2.48. The van der Waals surface area contributed by atoms with Crippen LogP contribution < -0.4 is 0 Å². The molecule has 0 nitrogen and oxygen atoms in total. The van der Waals surface area contributed by atoms with Crippen molar-refractivity contribution < 1.29 is 0 Å². The Hall–Kier alpha value is -0.260. The molecule has 3 atom stereocenters. The molecule has 0 aromatic carbocycles. The van der Waals surface area contributed by atoms with E-state index in [9.17, 15) is 0 Å². The SMILES string of the molecule is CCC(C)C(CC)C1C=CCCC1. The summed E-state index contributed by atoms with van der Waals surface area (Å²) in [6.07, 6.45) is 11.7. The zero-order valence-electron chi connectivity index (χ0n) is 9.42. The second-order valence-corrected chi connectivity index (χ2v) is 4.48. The van der Waals surface area contributed by atoms with Crippen LogP contribution in [-0.4, -0.2) is 0 Å². The van der Waals surface area contributed by atoms with Gasteiger partial charge in [0.15, 0.2) is 0 Å². The van der Waals surface area contributed by atoms with E-state index in [1.54, 1.807) is 0 Å². The van der Waals surface area contributed by atoms with Gasteiger partial charge < -0.3 is 0 Å². The quantitative estimate of drug-likeness (QED) is 0.562. The Kier molecular flexibility index (Phi) is 4.55. The fourth-order valence-electron chi connectivity index (χ4n) is 2.63. The zero-order chi connectivity index (χ0) is 9.68. The van der Waals surface area contributed by atoms with Crippen molar-refractivity contribution in [2.24, 2.45) is 17.8 Å². The van der Waals surface area contributed by atoms with Gasteiger partial charge in [0.1, 0.15) is 0 Å². The zero-order valence-corrected chi connectivity index (χ0v) is 9.42. The minimum atomic E-state index is 0.883. The number of allylic oxidation sites excluding steroid dienone is 2. The summed E-state index contributed by atoms with van der Waals surface area (Å²) in [6, 6.07) is 0. The molecular formula is C13H24. The van der Waals surface area contributed by atoms with E-state index in [1.165, 1.54) is 32.1 Å². The number of hydrogen-bond acceptors (Lipinski definition) is 0. The highest BCUT2D eigenvalue weighted by Gasteiger charge is 2.22. The lowest BCUT2D eigenvalue weighted by Crippen LogP contribution is -2.20. The Morgan fingerprint density at radius 2 is 2.08 bits per heavy atom. The highest BCUT2D eigenvalue weighted by atomic mass is 14.3. The molecule has 76 valence electrons. The minimum absolute atomic E-state index is 0.883. The van der Waals surface area contributed by atoms with Crippen LogP contribution in [0.25, 0.3) is 0 Å². The van der Waals surface area contributed by atoms with Crippen LogP contribution in [0.2, 0.25) is 0 Å². The van der Waals surface area contributed by atoms with E-state index >= 15 is 0 Å². The molecule has 13 heavy (non-hydrogen) atoms. The molecule has 1 rings (SSSR count). The van der Waals surface area contributed by atoms with E-state index in [1.807, 2.05) is 0 Å². The van der Waals surface area contributed by atoms with Gasteiger partial charge in [-0.2, -0.15) is 0 Å². The average Bonchev–Trinajstić information content (AvgIpc) is 2.20. The first-order chi connectivity index (χ1) is 6.29. The maximum Gasteiger partial charge on any atom is -0.0203 e. The summed E-state index contributed by atoms with van der Waals surface area (Å²) < 4.78 is 0. The van der Waals surface area contributed by atoms with Crippen LogP contribution in [0.4, 0.5) is 0 Å². The van der Waals surface area contributed by atoms with Gasteiger partial charge in [0.25, 0.3) is 0 Å². The smallest absolute Gasteiger partial charge is 0.0203 e. The van der Waals surface area contributed by atoms with E-state index in [-0.39, 0.29) is 0 Å². The maximum absolute atomic E-state index is 2.48. The third-order valence-electron chi connectivity index (χ3n) is 3.69. The van der Waals surface area contributed by atoms with Gasteiger partial charge in [0.05, 0.1) is 0 Å². The van der Waals surface area contributed by atoms with Gasteiger partial charge in [0.2, 0.25) is 0 Å². The van der Waals surface area contributed by atoms with Gasteiger partial charge >= 0.3 is 0 Å². The summed E-state index contributed by atoms with van der Waals surface area (Å²) in [7, 11) is 0. The van der Waals surface area contributed by atoms with Crippen molar-refractivity contribution in [1.82, 2.24) is 0 Å². The Balaban J connectivity index is 2.53. The Morgan fingerprint density at radius 3 is 2.54 bits per heavy atom. The van der Waals surface area contributed by atoms with Crippen molar-refractivity contribution in [2.45, 2.75) is 52.9 Å². The number of hydrogen-bond donors (Lipinski definition) is 0. The molecule has 1 aliphatic rings. The van der Waals surface area contributed by atoms with Crippen LogP contribution >= 0.6 is 0 Å². The third kappa shape index (κ3) is 2.86. The first-order valence-electron chi connectivity index (χ1n) is 5.96. The second-order valence-electron chi connectivity index (χ2n) is 4.48. The molecule has 0 fully saturated rings. The molecule has 3 unspecified atom stereocenters. The molecule has 0 heteroatoms. The normalized spacial score (nSPS) is 27.2. The van der Waals surface area contributed by atoms with Crippen LogP contribution in [0.15, 0.2) is 12.2 Å². The summed E-state index contributed by atoms with van der Waals surface area (Å²) in [5.41, 5.74) is 0. The summed E-state index contributed by atoms with van der Waals surface area (Å²) in [5, 5.41) is 0. The van der Waals surface area contributed by atoms with Crippen LogP contribution in [0.3, 0.4) is 0 Å². The summed E-state index contributed by atoms with van der Waals surface area (Å²) in [5.74, 6) is 2.72. The molecule has 0 saturated heterocycles. The highest BCUT2D eigenvalue weighted by molar-refractivity contribution is 4.96. The van der Waals surface area contributed by atoms with Gasteiger partial charge in [-0.25, -0.2) is 0 Å². The first kappa shape index (κ1) is 10.8. The molecule has 0 aromatic rings. The topological polar surface area (TPSA) is 0 Å². The molecule has 0 bridgehead atoms. The van der Waals surface area contributed by atoms with E-state index in [0.29, 0.717) is 0 Å². The van der Waals surface area contributed by atoms with Crippen molar-refractivity contribution in [3.05, 3.63) is 12.2 Å². The Labute approximate surface area is 83.4 Å². The number of rotatable bonds is 4. The fourth-order valence-corrected chi connectivity index (χ4v) is 2.63. The standard InChI is InChI=1S/C13H24/c1-4-11(3)13(5-2)12-9-7-6-8-10-12/h7,9,11-13H,4-6,8,10H2,1-3H3. The molecule has 0 radical (unpaired) electrons. The molecule has 0 amide bonds. The molecule has 0 aliphatic heterocycles. The monoisotopic (exact) mass is 180 g/mol. The van der Waals surface area contributed by atoms with Crippen molar-refractivity contribution in [1.29, 1.82) is 0 Å². The van der Waals surface area contributed by atoms with E-state index in [4.69, 9.17) is 0 Å². The Morgan fingerprint density at radius 1 is 1.31 bits per heavy atom.